The number of aromatic nitrogens is 1. The van der Waals surface area contributed by atoms with Crippen molar-refractivity contribution in [2.24, 2.45) is 0 Å². The van der Waals surface area contributed by atoms with Gasteiger partial charge in [-0.1, -0.05) is 110 Å². The third kappa shape index (κ3) is 4.77. The van der Waals surface area contributed by atoms with Crippen molar-refractivity contribution in [2.45, 2.75) is 0 Å². The van der Waals surface area contributed by atoms with Crippen molar-refractivity contribution in [1.29, 1.82) is 0 Å². The van der Waals surface area contributed by atoms with Gasteiger partial charge in [-0.25, -0.2) is 0 Å². The van der Waals surface area contributed by atoms with Crippen molar-refractivity contribution in [3.05, 3.63) is 201 Å². The number of ether oxygens (including phenoxy) is 1. The van der Waals surface area contributed by atoms with Crippen LogP contribution in [0.4, 0.5) is 28.4 Å². The summed E-state index contributed by atoms with van der Waals surface area (Å²) in [5, 5.41) is 4.83. The highest BCUT2D eigenvalue weighted by Gasteiger charge is 2.28. The van der Waals surface area contributed by atoms with Crippen molar-refractivity contribution < 1.29 is 4.74 Å². The molecule has 0 fully saturated rings. The molecule has 4 heteroatoms. The predicted octanol–water partition coefficient (Wildman–Crippen LogP) is 12.5. The van der Waals surface area contributed by atoms with Crippen LogP contribution in [0.15, 0.2) is 201 Å². The zero-order valence-corrected chi connectivity index (χ0v) is 27.4. The molecule has 7 aromatic carbocycles. The van der Waals surface area contributed by atoms with E-state index in [-0.39, 0.29) is 0 Å². The van der Waals surface area contributed by atoms with E-state index in [1.54, 1.807) is 6.08 Å². The van der Waals surface area contributed by atoms with Crippen molar-refractivity contribution in [2.75, 3.05) is 9.80 Å². The lowest BCUT2D eigenvalue weighted by atomic mass is 10.1. The molecule has 0 aliphatic carbocycles. The Labute approximate surface area is 291 Å². The third-order valence-corrected chi connectivity index (χ3v) is 9.45. The zero-order valence-electron chi connectivity index (χ0n) is 27.4. The Morgan fingerprint density at radius 2 is 1.18 bits per heavy atom. The number of nitrogens with zero attached hydrogens (tertiary/aromatic N) is 3. The fraction of sp³-hybridized carbons (Fsp3) is 0. The lowest BCUT2D eigenvalue weighted by Gasteiger charge is -2.35. The van der Waals surface area contributed by atoms with E-state index in [4.69, 9.17) is 4.74 Å². The minimum absolute atomic E-state index is 0.561. The van der Waals surface area contributed by atoms with Gasteiger partial charge in [0.1, 0.15) is 5.76 Å². The molecule has 0 saturated carbocycles. The maximum atomic E-state index is 6.47. The summed E-state index contributed by atoms with van der Waals surface area (Å²) in [5.41, 5.74) is 9.36. The zero-order chi connectivity index (χ0) is 33.6. The highest BCUT2D eigenvalue weighted by atomic mass is 16.5. The molecule has 2 heterocycles. The summed E-state index contributed by atoms with van der Waals surface area (Å²) in [6.07, 6.45) is 3.71. The van der Waals surface area contributed by atoms with Crippen molar-refractivity contribution in [1.82, 2.24) is 4.57 Å². The topological polar surface area (TPSA) is 20.6 Å². The Morgan fingerprint density at radius 3 is 1.90 bits per heavy atom. The van der Waals surface area contributed by atoms with Crippen LogP contribution in [0.5, 0.6) is 5.75 Å². The van der Waals surface area contributed by atoms with E-state index < -0.39 is 0 Å². The van der Waals surface area contributed by atoms with Gasteiger partial charge in [-0.05, 0) is 78.2 Å². The summed E-state index contributed by atoms with van der Waals surface area (Å²) in [7, 11) is 0. The number of rotatable bonds is 6. The maximum absolute atomic E-state index is 6.47. The van der Waals surface area contributed by atoms with E-state index in [1.807, 2.05) is 24.3 Å². The van der Waals surface area contributed by atoms with Gasteiger partial charge in [-0.2, -0.15) is 0 Å². The molecule has 238 valence electrons. The van der Waals surface area contributed by atoms with Crippen LogP contribution in [0.1, 0.15) is 0 Å². The molecule has 1 aliphatic heterocycles. The van der Waals surface area contributed by atoms with Gasteiger partial charge >= 0.3 is 0 Å². The second-order valence-corrected chi connectivity index (χ2v) is 12.4. The molecule has 0 spiro atoms. The number of fused-ring (bicyclic) bond motifs is 5. The first kappa shape index (κ1) is 29.4. The van der Waals surface area contributed by atoms with Gasteiger partial charge in [0.15, 0.2) is 5.75 Å². The normalized spacial score (nSPS) is 13.5. The highest BCUT2D eigenvalue weighted by Crippen LogP contribution is 2.48. The molecule has 1 aromatic heterocycles. The number of hydrogen-bond donors (Lipinski definition) is 0. The Balaban J connectivity index is 1.21. The van der Waals surface area contributed by atoms with Crippen molar-refractivity contribution >= 4 is 61.0 Å². The number of hydrogen-bond acceptors (Lipinski definition) is 3. The molecular formula is C46H33N3O. The van der Waals surface area contributed by atoms with Crippen molar-refractivity contribution in [3.8, 4) is 11.4 Å². The first-order valence-corrected chi connectivity index (χ1v) is 16.8. The number of benzene rings is 7. The van der Waals surface area contributed by atoms with E-state index in [2.05, 4.69) is 173 Å². The lowest BCUT2D eigenvalue weighted by Crippen LogP contribution is -2.25. The average Bonchev–Trinajstić information content (AvgIpc) is 3.50. The minimum atomic E-state index is 0.561. The van der Waals surface area contributed by atoms with E-state index in [9.17, 15) is 0 Å². The Kier molecular flexibility index (Phi) is 7.07. The Bertz CT molecular complexity index is 2560. The minimum Gasteiger partial charge on any atom is -0.454 e. The predicted molar refractivity (Wildman–Crippen MR) is 210 cm³/mol. The smallest absolute Gasteiger partial charge is 0.153 e. The molecule has 50 heavy (non-hydrogen) atoms. The van der Waals surface area contributed by atoms with E-state index >= 15 is 0 Å². The molecule has 9 rings (SSSR count). The fourth-order valence-corrected chi connectivity index (χ4v) is 7.26. The third-order valence-electron chi connectivity index (χ3n) is 9.45. The van der Waals surface area contributed by atoms with Gasteiger partial charge in [0, 0.05) is 39.3 Å². The molecule has 0 atom stereocenters. The second-order valence-electron chi connectivity index (χ2n) is 12.4. The number of anilines is 5. The van der Waals surface area contributed by atoms with Crippen LogP contribution in [0.3, 0.4) is 0 Å². The molecule has 8 aromatic rings. The number of allylic oxidation sites excluding steroid dienone is 2. The second kappa shape index (κ2) is 12.0. The molecule has 0 N–H and O–H groups in total. The van der Waals surface area contributed by atoms with Gasteiger partial charge in [0.25, 0.3) is 0 Å². The molecule has 0 saturated heterocycles. The standard InChI is InChI=1S/C46H33N3O/c1-3-14-41-32(2)50-46-31-37(29-30-45(46)48(41)34-17-5-4-6-18-34)47(42-24-13-16-33-15-7-8-19-38(33)42)35-25-27-36(28-26-35)49-43-22-11-9-20-39(43)40-21-10-12-23-44(40)49/h3-31H,1-2H2/b41-14+. The molecule has 0 amide bonds. The molecule has 4 nitrogen and oxygen atoms in total. The largest absolute Gasteiger partial charge is 0.454 e. The van der Waals surface area contributed by atoms with Gasteiger partial charge in [-0.3, -0.25) is 0 Å². The fourth-order valence-electron chi connectivity index (χ4n) is 7.26. The van der Waals surface area contributed by atoms with Crippen LogP contribution in [0, 0.1) is 0 Å². The van der Waals surface area contributed by atoms with Crippen LogP contribution in [-0.4, -0.2) is 4.57 Å². The average molecular weight is 644 g/mol. The summed E-state index contributed by atoms with van der Waals surface area (Å²) in [6.45, 7) is 8.25. The van der Waals surface area contributed by atoms with E-state index in [0.717, 1.165) is 51.0 Å². The Hall–Kier alpha value is -6.78. The van der Waals surface area contributed by atoms with Crippen LogP contribution in [0.25, 0.3) is 38.3 Å². The van der Waals surface area contributed by atoms with E-state index in [0.29, 0.717) is 5.76 Å². The van der Waals surface area contributed by atoms with Crippen LogP contribution < -0.4 is 14.5 Å². The monoisotopic (exact) mass is 643 g/mol. The van der Waals surface area contributed by atoms with Crippen molar-refractivity contribution in [3.63, 3.8) is 0 Å². The summed E-state index contributed by atoms with van der Waals surface area (Å²) in [6, 6.07) is 57.8. The molecule has 0 unspecified atom stereocenters. The summed E-state index contributed by atoms with van der Waals surface area (Å²) in [4.78, 5) is 4.49. The molecular weight excluding hydrogens is 611 g/mol. The van der Waals surface area contributed by atoms with Gasteiger partial charge in [-0.15, -0.1) is 0 Å². The summed E-state index contributed by atoms with van der Waals surface area (Å²) in [5.74, 6) is 1.29. The van der Waals surface area contributed by atoms with Gasteiger partial charge < -0.3 is 19.1 Å². The van der Waals surface area contributed by atoms with Gasteiger partial charge in [0.05, 0.1) is 33.8 Å². The summed E-state index contributed by atoms with van der Waals surface area (Å²) >= 11 is 0. The van der Waals surface area contributed by atoms with Crippen LogP contribution in [-0.2, 0) is 0 Å². The first-order chi connectivity index (χ1) is 24.7. The molecule has 0 radical (unpaired) electrons. The summed E-state index contributed by atoms with van der Waals surface area (Å²) < 4.78 is 8.82. The molecule has 1 aliphatic rings. The SMILES string of the molecule is C=C/C=C1\C(=C)Oc2cc(N(c3ccc(-n4c5ccccc5c5ccccc54)cc3)c3cccc4ccccc34)ccc2N1c1ccccc1. The quantitative estimate of drug-likeness (QED) is 0.180. The highest BCUT2D eigenvalue weighted by molar-refractivity contribution is 6.09. The van der Waals surface area contributed by atoms with Gasteiger partial charge in [0.2, 0.25) is 0 Å². The van der Waals surface area contributed by atoms with Crippen LogP contribution >= 0.6 is 0 Å². The first-order valence-electron chi connectivity index (χ1n) is 16.8. The lowest BCUT2D eigenvalue weighted by molar-refractivity contribution is 0.426. The van der Waals surface area contributed by atoms with E-state index in [1.165, 1.54) is 27.2 Å². The Morgan fingerprint density at radius 1 is 0.560 bits per heavy atom. The molecule has 0 bridgehead atoms. The maximum Gasteiger partial charge on any atom is 0.153 e. The number of para-hydroxylation sites is 3. The van der Waals surface area contributed by atoms with Crippen LogP contribution in [0.2, 0.25) is 0 Å².